The van der Waals surface area contributed by atoms with E-state index in [1.54, 1.807) is 7.11 Å². The molecule has 2 aromatic rings. The molecular weight excluding hydrogens is 256 g/mol. The van der Waals surface area contributed by atoms with E-state index < -0.39 is 0 Å². The Morgan fingerprint density at radius 2 is 1.90 bits per heavy atom. The summed E-state index contributed by atoms with van der Waals surface area (Å²) in [5, 5.41) is 3.07. The van der Waals surface area contributed by atoms with Crippen LogP contribution < -0.4 is 14.8 Å². The molecule has 0 fully saturated rings. The fraction of sp³-hybridized carbons (Fsp3) is 0.357. The lowest BCUT2D eigenvalue weighted by Gasteiger charge is -2.09. The zero-order valence-electron chi connectivity index (χ0n) is 12.1. The minimum atomic E-state index is 0.293. The van der Waals surface area contributed by atoms with Gasteiger partial charge in [-0.3, -0.25) is 0 Å². The molecule has 6 heteroatoms. The third-order valence-electron chi connectivity index (χ3n) is 2.81. The summed E-state index contributed by atoms with van der Waals surface area (Å²) in [5.41, 5.74) is 1.95. The molecule has 0 bridgehead atoms. The van der Waals surface area contributed by atoms with Crippen molar-refractivity contribution in [3.8, 4) is 23.1 Å². The van der Waals surface area contributed by atoms with Gasteiger partial charge < -0.3 is 14.8 Å². The van der Waals surface area contributed by atoms with Crippen molar-refractivity contribution in [3.05, 3.63) is 23.8 Å². The van der Waals surface area contributed by atoms with Gasteiger partial charge in [0.05, 0.1) is 14.2 Å². The Kier molecular flexibility index (Phi) is 4.34. The summed E-state index contributed by atoms with van der Waals surface area (Å²) in [6.45, 7) is 4.70. The molecule has 0 radical (unpaired) electrons. The summed E-state index contributed by atoms with van der Waals surface area (Å²) in [6, 6.07) is 6.05. The molecule has 0 aliphatic heterocycles. The van der Waals surface area contributed by atoms with Gasteiger partial charge in [-0.05, 0) is 37.6 Å². The van der Waals surface area contributed by atoms with Gasteiger partial charge in [0.15, 0.2) is 5.82 Å². The second-order valence-corrected chi connectivity index (χ2v) is 4.18. The Bertz CT molecular complexity index is 602. The predicted molar refractivity (Wildman–Crippen MR) is 77.3 cm³/mol. The SMILES string of the molecule is CCNc1nc(OC)nc(-c2ccc(OC)cc2C)n1. The second kappa shape index (κ2) is 6.18. The molecule has 0 spiro atoms. The van der Waals surface area contributed by atoms with E-state index in [0.29, 0.717) is 17.8 Å². The van der Waals surface area contributed by atoms with Gasteiger partial charge in [-0.15, -0.1) is 0 Å². The van der Waals surface area contributed by atoms with Crippen LogP contribution in [0.15, 0.2) is 18.2 Å². The Morgan fingerprint density at radius 3 is 2.50 bits per heavy atom. The van der Waals surface area contributed by atoms with Gasteiger partial charge in [0, 0.05) is 12.1 Å². The van der Waals surface area contributed by atoms with Gasteiger partial charge in [-0.1, -0.05) is 0 Å². The van der Waals surface area contributed by atoms with E-state index in [-0.39, 0.29) is 0 Å². The minimum absolute atomic E-state index is 0.293. The topological polar surface area (TPSA) is 69.2 Å². The highest BCUT2D eigenvalue weighted by Crippen LogP contribution is 2.25. The fourth-order valence-corrected chi connectivity index (χ4v) is 1.82. The van der Waals surface area contributed by atoms with Crippen LogP contribution in [-0.4, -0.2) is 35.7 Å². The average molecular weight is 274 g/mol. The quantitative estimate of drug-likeness (QED) is 0.902. The van der Waals surface area contributed by atoms with Crippen molar-refractivity contribution in [3.63, 3.8) is 0 Å². The average Bonchev–Trinajstić information content (AvgIpc) is 2.47. The maximum Gasteiger partial charge on any atom is 0.321 e. The summed E-state index contributed by atoms with van der Waals surface area (Å²) in [6.07, 6.45) is 0. The lowest BCUT2D eigenvalue weighted by Crippen LogP contribution is -2.06. The van der Waals surface area contributed by atoms with Crippen molar-refractivity contribution in [2.24, 2.45) is 0 Å². The molecule has 0 unspecified atom stereocenters. The molecule has 0 amide bonds. The Labute approximate surface area is 118 Å². The number of anilines is 1. The number of aryl methyl sites for hydroxylation is 1. The maximum absolute atomic E-state index is 5.20. The van der Waals surface area contributed by atoms with E-state index >= 15 is 0 Å². The highest BCUT2D eigenvalue weighted by atomic mass is 16.5. The lowest BCUT2D eigenvalue weighted by molar-refractivity contribution is 0.379. The van der Waals surface area contributed by atoms with Crippen molar-refractivity contribution in [1.29, 1.82) is 0 Å². The van der Waals surface area contributed by atoms with Crippen LogP contribution in [0.1, 0.15) is 12.5 Å². The Morgan fingerprint density at radius 1 is 1.10 bits per heavy atom. The first-order valence-electron chi connectivity index (χ1n) is 6.37. The van der Waals surface area contributed by atoms with E-state index in [1.807, 2.05) is 32.0 Å². The summed E-state index contributed by atoms with van der Waals surface area (Å²) < 4.78 is 10.3. The van der Waals surface area contributed by atoms with Crippen LogP contribution in [-0.2, 0) is 0 Å². The molecule has 6 nitrogen and oxygen atoms in total. The van der Waals surface area contributed by atoms with E-state index in [9.17, 15) is 0 Å². The zero-order valence-corrected chi connectivity index (χ0v) is 12.1. The van der Waals surface area contributed by atoms with Gasteiger partial charge >= 0.3 is 6.01 Å². The van der Waals surface area contributed by atoms with E-state index in [4.69, 9.17) is 9.47 Å². The minimum Gasteiger partial charge on any atom is -0.497 e. The molecule has 1 aromatic carbocycles. The summed E-state index contributed by atoms with van der Waals surface area (Å²) >= 11 is 0. The van der Waals surface area contributed by atoms with E-state index in [1.165, 1.54) is 7.11 Å². The van der Waals surface area contributed by atoms with Crippen molar-refractivity contribution in [1.82, 2.24) is 15.0 Å². The predicted octanol–water partition coefficient (Wildman–Crippen LogP) is 2.30. The standard InChI is InChI=1S/C14H18N4O2/c1-5-15-13-16-12(17-14(18-13)20-4)11-7-6-10(19-3)8-9(11)2/h6-8H,5H2,1-4H3,(H,15,16,17,18). The number of nitrogens with zero attached hydrogens (tertiary/aromatic N) is 3. The van der Waals surface area contributed by atoms with Crippen LogP contribution >= 0.6 is 0 Å². The van der Waals surface area contributed by atoms with E-state index in [0.717, 1.165) is 23.4 Å². The number of nitrogens with one attached hydrogen (secondary N) is 1. The highest BCUT2D eigenvalue weighted by molar-refractivity contribution is 5.62. The van der Waals surface area contributed by atoms with Crippen molar-refractivity contribution in [2.45, 2.75) is 13.8 Å². The Hall–Kier alpha value is -2.37. The molecule has 0 aliphatic rings. The van der Waals surface area contributed by atoms with Crippen molar-refractivity contribution < 1.29 is 9.47 Å². The molecule has 20 heavy (non-hydrogen) atoms. The normalized spacial score (nSPS) is 10.2. The molecule has 1 aromatic heterocycles. The fourth-order valence-electron chi connectivity index (χ4n) is 1.82. The first kappa shape index (κ1) is 14.0. The number of rotatable bonds is 5. The molecule has 0 atom stereocenters. The number of hydrogen-bond donors (Lipinski definition) is 1. The monoisotopic (exact) mass is 274 g/mol. The first-order chi connectivity index (χ1) is 9.67. The molecule has 1 heterocycles. The van der Waals surface area contributed by atoms with E-state index in [2.05, 4.69) is 20.3 Å². The van der Waals surface area contributed by atoms with Crippen LogP contribution in [0, 0.1) is 6.92 Å². The molecular formula is C14H18N4O2. The lowest BCUT2D eigenvalue weighted by atomic mass is 10.1. The van der Waals surface area contributed by atoms with Gasteiger partial charge in [0.1, 0.15) is 5.75 Å². The van der Waals surface area contributed by atoms with Gasteiger partial charge in [0.25, 0.3) is 0 Å². The van der Waals surface area contributed by atoms with Crippen LogP contribution in [0.2, 0.25) is 0 Å². The van der Waals surface area contributed by atoms with Crippen LogP contribution in [0.4, 0.5) is 5.95 Å². The number of aromatic nitrogens is 3. The van der Waals surface area contributed by atoms with Crippen LogP contribution in [0.5, 0.6) is 11.8 Å². The smallest absolute Gasteiger partial charge is 0.321 e. The Balaban J connectivity index is 2.48. The van der Waals surface area contributed by atoms with Crippen molar-refractivity contribution >= 4 is 5.95 Å². The third kappa shape index (κ3) is 2.96. The number of hydrogen-bond acceptors (Lipinski definition) is 6. The van der Waals surface area contributed by atoms with Gasteiger partial charge in [-0.25, -0.2) is 0 Å². The first-order valence-corrected chi connectivity index (χ1v) is 6.37. The maximum atomic E-state index is 5.20. The second-order valence-electron chi connectivity index (χ2n) is 4.18. The third-order valence-corrected chi connectivity index (χ3v) is 2.81. The molecule has 1 N–H and O–H groups in total. The number of methoxy groups -OCH3 is 2. The summed E-state index contributed by atoms with van der Waals surface area (Å²) in [7, 11) is 3.18. The molecule has 0 saturated carbocycles. The highest BCUT2D eigenvalue weighted by Gasteiger charge is 2.11. The van der Waals surface area contributed by atoms with Crippen molar-refractivity contribution in [2.75, 3.05) is 26.1 Å². The number of benzene rings is 1. The summed E-state index contributed by atoms with van der Waals surface area (Å²) in [5.74, 6) is 1.89. The van der Waals surface area contributed by atoms with Crippen LogP contribution in [0.3, 0.4) is 0 Å². The summed E-state index contributed by atoms with van der Waals surface area (Å²) in [4.78, 5) is 12.8. The molecule has 0 saturated heterocycles. The molecule has 2 rings (SSSR count). The van der Waals surface area contributed by atoms with Crippen LogP contribution in [0.25, 0.3) is 11.4 Å². The molecule has 0 aliphatic carbocycles. The molecule has 106 valence electrons. The van der Waals surface area contributed by atoms with Gasteiger partial charge in [0.2, 0.25) is 5.95 Å². The number of ether oxygens (including phenoxy) is 2. The largest absolute Gasteiger partial charge is 0.497 e. The zero-order chi connectivity index (χ0) is 14.5. The van der Waals surface area contributed by atoms with Gasteiger partial charge in [-0.2, -0.15) is 15.0 Å².